The molecule has 1 aromatic heterocycles. The molecule has 4 atom stereocenters. The molecule has 5 rings (SSSR count). The number of aliphatic carboxylic acids is 1. The van der Waals surface area contributed by atoms with Gasteiger partial charge in [-0.05, 0) is 37.6 Å². The Bertz CT molecular complexity index is 1590. The maximum atomic E-state index is 13.9. The number of hydrogen-bond donors (Lipinski definition) is 3. The van der Waals surface area contributed by atoms with Gasteiger partial charge in [0.1, 0.15) is 34.9 Å². The average molecular weight is 553 g/mol. The minimum Gasteiger partial charge on any atom is -0.480 e. The number of carboxylic acids is 1. The van der Waals surface area contributed by atoms with Crippen molar-refractivity contribution < 1.29 is 28.7 Å². The van der Waals surface area contributed by atoms with Crippen LogP contribution < -0.4 is 16.1 Å². The van der Waals surface area contributed by atoms with E-state index in [-0.39, 0.29) is 10.9 Å². The van der Waals surface area contributed by atoms with Crippen molar-refractivity contribution in [1.82, 2.24) is 20.1 Å². The molecule has 0 radical (unpaired) electrons. The van der Waals surface area contributed by atoms with Gasteiger partial charge in [0.05, 0.1) is 5.52 Å². The Balaban J connectivity index is 1.42. The van der Waals surface area contributed by atoms with Crippen LogP contribution in [0, 0.1) is 5.82 Å². The first-order valence-corrected chi connectivity index (χ1v) is 13.0. The fraction of sp³-hybridized carbons (Fsp3) is 0.296. The minimum absolute atomic E-state index is 0.0138. The van der Waals surface area contributed by atoms with E-state index in [1.54, 1.807) is 51.2 Å². The quantitative estimate of drug-likeness (QED) is 0.397. The predicted octanol–water partition coefficient (Wildman–Crippen LogP) is 1.78. The number of carbonyl (C=O) groups excluding carboxylic acids is 3. The summed E-state index contributed by atoms with van der Waals surface area (Å²) in [6.45, 7) is 3.45. The number of fused-ring (bicyclic) bond motifs is 2. The molecular formula is C27H25FN4O6S. The molecule has 0 bridgehead atoms. The van der Waals surface area contributed by atoms with Crippen LogP contribution >= 0.6 is 11.8 Å². The molecule has 3 heterocycles. The van der Waals surface area contributed by atoms with Gasteiger partial charge in [0, 0.05) is 23.4 Å². The number of benzene rings is 2. The minimum atomic E-state index is -1.27. The fourth-order valence-electron chi connectivity index (χ4n) is 5.16. The van der Waals surface area contributed by atoms with Crippen LogP contribution in [0.15, 0.2) is 59.5 Å². The Kier molecular flexibility index (Phi) is 6.45. The number of rotatable bonds is 6. The molecule has 12 heteroatoms. The maximum absolute atomic E-state index is 13.9. The maximum Gasteiger partial charge on any atom is 0.327 e. The zero-order valence-corrected chi connectivity index (χ0v) is 22.0. The number of carbonyl (C=O) groups is 4. The average Bonchev–Trinajstić information content (AvgIpc) is 3.15. The molecule has 3 N–H and O–H groups in total. The van der Waals surface area contributed by atoms with E-state index in [2.05, 4.69) is 10.6 Å². The lowest BCUT2D eigenvalue weighted by Crippen LogP contribution is -2.71. The van der Waals surface area contributed by atoms with Crippen LogP contribution in [0.3, 0.4) is 0 Å². The molecule has 202 valence electrons. The monoisotopic (exact) mass is 552 g/mol. The smallest absolute Gasteiger partial charge is 0.327 e. The first-order chi connectivity index (χ1) is 18.4. The van der Waals surface area contributed by atoms with Crippen molar-refractivity contribution in [1.29, 1.82) is 0 Å². The number of thioether (sulfide) groups is 1. The van der Waals surface area contributed by atoms with Gasteiger partial charge in [-0.3, -0.25) is 19.2 Å². The van der Waals surface area contributed by atoms with Crippen molar-refractivity contribution in [3.63, 3.8) is 0 Å². The number of nitrogens with zero attached hydrogens (tertiary/aromatic N) is 2. The number of carboxylic acid groups (broad SMARTS) is 1. The Morgan fingerprint density at radius 1 is 1.10 bits per heavy atom. The zero-order chi connectivity index (χ0) is 28.2. The van der Waals surface area contributed by atoms with Gasteiger partial charge in [-0.2, -0.15) is 0 Å². The van der Waals surface area contributed by atoms with Crippen LogP contribution in [0.25, 0.3) is 10.9 Å². The highest BCUT2D eigenvalue weighted by Crippen LogP contribution is 2.50. The summed E-state index contributed by atoms with van der Waals surface area (Å²) < 4.78 is 14.6. The molecule has 10 nitrogen and oxygen atoms in total. The second kappa shape index (κ2) is 9.53. The highest BCUT2D eigenvalue weighted by atomic mass is 32.2. The molecule has 0 spiro atoms. The summed E-state index contributed by atoms with van der Waals surface area (Å²) in [5.74, 6) is -3.83. The van der Waals surface area contributed by atoms with E-state index in [9.17, 15) is 33.5 Å². The van der Waals surface area contributed by atoms with Gasteiger partial charge in [0.15, 0.2) is 0 Å². The Morgan fingerprint density at radius 3 is 2.46 bits per heavy atom. The molecular weight excluding hydrogens is 527 g/mol. The molecule has 2 aliphatic heterocycles. The van der Waals surface area contributed by atoms with Crippen LogP contribution in [-0.4, -0.2) is 60.5 Å². The zero-order valence-electron chi connectivity index (χ0n) is 21.2. The number of amides is 3. The van der Waals surface area contributed by atoms with Gasteiger partial charge in [0.25, 0.3) is 5.91 Å². The lowest BCUT2D eigenvalue weighted by Gasteiger charge is -2.44. The van der Waals surface area contributed by atoms with Gasteiger partial charge < -0.3 is 25.2 Å². The molecule has 3 aromatic rings. The molecule has 0 saturated carbocycles. The molecule has 0 aliphatic carbocycles. The molecule has 2 aliphatic rings. The first-order valence-electron chi connectivity index (χ1n) is 12.1. The predicted molar refractivity (Wildman–Crippen MR) is 141 cm³/mol. The van der Waals surface area contributed by atoms with E-state index in [1.165, 1.54) is 39.6 Å². The van der Waals surface area contributed by atoms with E-state index in [1.807, 2.05) is 0 Å². The van der Waals surface area contributed by atoms with E-state index in [0.29, 0.717) is 11.1 Å². The highest BCUT2D eigenvalue weighted by Gasteiger charge is 2.64. The standard InChI is InChI=1S/C27H25FN4O6S/c1-27(2)21(26(37)38)32-24(36)19(25(32)39-27)30-23(35)18(13-7-5-4-6-8-13)29-22(34)16-12-31(3)17-10-9-14(28)11-15(17)20(16)33/h4-12,18-19,21,25H,1-3H3,(H,29,34)(H,30,35)(H,37,38)/t18?,19?,21-,25+/m0/s1. The Morgan fingerprint density at radius 2 is 1.79 bits per heavy atom. The third kappa shape index (κ3) is 4.44. The first kappa shape index (κ1) is 26.4. The number of hydrogen-bond acceptors (Lipinski definition) is 6. The van der Waals surface area contributed by atoms with E-state index in [4.69, 9.17) is 0 Å². The van der Waals surface area contributed by atoms with Crippen molar-refractivity contribution in [3.05, 3.63) is 81.9 Å². The van der Waals surface area contributed by atoms with E-state index in [0.717, 1.165) is 6.07 Å². The van der Waals surface area contributed by atoms with Gasteiger partial charge in [0.2, 0.25) is 17.2 Å². The highest BCUT2D eigenvalue weighted by molar-refractivity contribution is 8.01. The topological polar surface area (TPSA) is 138 Å². The fourth-order valence-corrected chi connectivity index (χ4v) is 6.79. The molecule has 3 amide bonds. The van der Waals surface area contributed by atoms with E-state index >= 15 is 0 Å². The molecule has 39 heavy (non-hydrogen) atoms. The number of β-lactam (4-membered cyclic amide) rings is 1. The summed E-state index contributed by atoms with van der Waals surface area (Å²) in [6.07, 6.45) is 1.31. The van der Waals surface area contributed by atoms with Crippen molar-refractivity contribution >= 4 is 46.4 Å². The van der Waals surface area contributed by atoms with E-state index < -0.39 is 63.2 Å². The molecule has 2 saturated heterocycles. The van der Waals surface area contributed by atoms with Crippen molar-refractivity contribution in [2.75, 3.05) is 0 Å². The summed E-state index contributed by atoms with van der Waals surface area (Å²) in [7, 11) is 1.61. The lowest BCUT2D eigenvalue weighted by atomic mass is 9.95. The van der Waals surface area contributed by atoms with Crippen LogP contribution in [-0.2, 0) is 21.4 Å². The Labute approximate surface area is 226 Å². The largest absolute Gasteiger partial charge is 0.480 e. The van der Waals surface area contributed by atoms with Gasteiger partial charge >= 0.3 is 5.97 Å². The number of pyridine rings is 1. The van der Waals surface area contributed by atoms with Gasteiger partial charge in [-0.15, -0.1) is 11.8 Å². The molecule has 2 fully saturated rings. The van der Waals surface area contributed by atoms with Gasteiger partial charge in [-0.1, -0.05) is 30.3 Å². The second-order valence-electron chi connectivity index (χ2n) is 10.0. The summed E-state index contributed by atoms with van der Waals surface area (Å²) in [4.78, 5) is 65.8. The van der Waals surface area contributed by atoms with Crippen LogP contribution in [0.5, 0.6) is 0 Å². The van der Waals surface area contributed by atoms with Crippen molar-refractivity contribution in [3.8, 4) is 0 Å². The summed E-state index contributed by atoms with van der Waals surface area (Å²) >= 11 is 1.28. The number of halogens is 1. The third-order valence-corrected chi connectivity index (χ3v) is 8.61. The normalized spacial score (nSPS) is 22.1. The third-order valence-electron chi connectivity index (χ3n) is 7.04. The summed E-state index contributed by atoms with van der Waals surface area (Å²) in [5, 5.41) is 14.3. The van der Waals surface area contributed by atoms with Crippen LogP contribution in [0.2, 0.25) is 0 Å². The summed E-state index contributed by atoms with van der Waals surface area (Å²) in [6, 6.07) is 8.69. The summed E-state index contributed by atoms with van der Waals surface area (Å²) in [5.41, 5.74) is -0.146. The van der Waals surface area contributed by atoms with Crippen molar-refractivity contribution in [2.45, 2.75) is 42.1 Å². The second-order valence-corrected chi connectivity index (χ2v) is 11.8. The number of aromatic nitrogens is 1. The van der Waals surface area contributed by atoms with Gasteiger partial charge in [-0.25, -0.2) is 9.18 Å². The molecule has 2 aromatic carbocycles. The lowest BCUT2D eigenvalue weighted by molar-refractivity contribution is -0.161. The van der Waals surface area contributed by atoms with Crippen molar-refractivity contribution in [2.24, 2.45) is 7.05 Å². The Hall–Kier alpha value is -4.19. The van der Waals surface area contributed by atoms with Crippen LogP contribution in [0.1, 0.15) is 35.8 Å². The molecule has 2 unspecified atom stereocenters. The number of aryl methyl sites for hydroxylation is 1. The number of nitrogens with one attached hydrogen (secondary N) is 2. The SMILES string of the molecule is Cn1cc(C(=O)NC(C(=O)NC2C(=O)N3[C@@H]2SC(C)(C)[C@@H]3C(=O)O)c2ccccc2)c(=O)c2cc(F)ccc21. The van der Waals surface area contributed by atoms with Crippen LogP contribution in [0.4, 0.5) is 4.39 Å².